The molecule has 5 nitrogen and oxygen atoms in total. The van der Waals surface area contributed by atoms with Gasteiger partial charge in [-0.25, -0.2) is 0 Å². The second-order valence-corrected chi connectivity index (χ2v) is 8.31. The van der Waals surface area contributed by atoms with E-state index in [0.717, 1.165) is 21.3 Å². The lowest BCUT2D eigenvalue weighted by Gasteiger charge is -2.19. The van der Waals surface area contributed by atoms with Crippen molar-refractivity contribution in [3.63, 3.8) is 0 Å². The average Bonchev–Trinajstić information content (AvgIpc) is 2.75. The monoisotopic (exact) mass is 480 g/mol. The summed E-state index contributed by atoms with van der Waals surface area (Å²) in [5.74, 6) is 0.245. The van der Waals surface area contributed by atoms with Gasteiger partial charge in [-0.05, 0) is 74.4 Å². The number of carbonyl (C=O) groups excluding carboxylic acids is 2. The molecule has 3 aromatic rings. The highest BCUT2D eigenvalue weighted by Crippen LogP contribution is 2.28. The Morgan fingerprint density at radius 3 is 2.26 bits per heavy atom. The number of anilines is 2. The zero-order chi connectivity index (χ0) is 22.5. The minimum Gasteiger partial charge on any atom is -0.480 e. The number of halogens is 1. The predicted octanol–water partition coefficient (Wildman–Crippen LogP) is 5.75. The second-order valence-electron chi connectivity index (χ2n) is 7.40. The van der Waals surface area contributed by atoms with E-state index in [1.807, 2.05) is 56.3 Å². The molecule has 0 aliphatic heterocycles. The van der Waals surface area contributed by atoms with Gasteiger partial charge in [-0.15, -0.1) is 0 Å². The molecular weight excluding hydrogens is 456 g/mol. The van der Waals surface area contributed by atoms with Gasteiger partial charge in [0.05, 0.1) is 0 Å². The molecule has 3 rings (SSSR count). The zero-order valence-electron chi connectivity index (χ0n) is 18.0. The first-order valence-electron chi connectivity index (χ1n) is 9.93. The molecule has 0 aromatic heterocycles. The van der Waals surface area contributed by atoms with Crippen LogP contribution in [0.1, 0.15) is 28.4 Å². The van der Waals surface area contributed by atoms with Gasteiger partial charge in [0.1, 0.15) is 5.75 Å². The van der Waals surface area contributed by atoms with Crippen molar-refractivity contribution in [2.45, 2.75) is 26.9 Å². The van der Waals surface area contributed by atoms with Crippen molar-refractivity contribution in [2.75, 3.05) is 17.3 Å². The van der Waals surface area contributed by atoms with Crippen molar-refractivity contribution in [3.8, 4) is 5.75 Å². The number of hydrogen-bond acceptors (Lipinski definition) is 3. The summed E-state index contributed by atoms with van der Waals surface area (Å²) in [4.78, 5) is 27.1. The number of benzene rings is 3. The summed E-state index contributed by atoms with van der Waals surface area (Å²) in [6, 6.07) is 20.2. The van der Waals surface area contributed by atoms with Crippen molar-refractivity contribution >= 4 is 39.1 Å². The first-order valence-corrected chi connectivity index (χ1v) is 10.7. The number of carbonyl (C=O) groups is 2. The maximum Gasteiger partial charge on any atom is 0.265 e. The van der Waals surface area contributed by atoms with Gasteiger partial charge in [0.15, 0.2) is 6.10 Å². The number of aryl methyl sites for hydroxylation is 2. The Kier molecular flexibility index (Phi) is 7.13. The summed E-state index contributed by atoms with van der Waals surface area (Å²) in [5, 5.41) is 2.84. The summed E-state index contributed by atoms with van der Waals surface area (Å²) >= 11 is 3.46. The van der Waals surface area contributed by atoms with Crippen molar-refractivity contribution in [1.29, 1.82) is 0 Å². The molecule has 0 heterocycles. The minimum atomic E-state index is -0.704. The molecule has 0 fully saturated rings. The lowest BCUT2D eigenvalue weighted by molar-refractivity contribution is -0.122. The number of rotatable bonds is 6. The van der Waals surface area contributed by atoms with Gasteiger partial charge in [0.2, 0.25) is 0 Å². The number of amides is 2. The van der Waals surface area contributed by atoms with E-state index in [9.17, 15) is 9.59 Å². The maximum atomic E-state index is 12.8. The van der Waals surface area contributed by atoms with Gasteiger partial charge >= 0.3 is 0 Å². The van der Waals surface area contributed by atoms with Gasteiger partial charge < -0.3 is 15.0 Å². The van der Waals surface area contributed by atoms with Crippen molar-refractivity contribution in [2.24, 2.45) is 0 Å². The molecule has 1 unspecified atom stereocenters. The van der Waals surface area contributed by atoms with E-state index in [4.69, 9.17) is 4.74 Å². The van der Waals surface area contributed by atoms with Crippen LogP contribution in [0.2, 0.25) is 0 Å². The second kappa shape index (κ2) is 9.79. The van der Waals surface area contributed by atoms with Crippen LogP contribution in [0.3, 0.4) is 0 Å². The lowest BCUT2D eigenvalue weighted by Crippen LogP contribution is -2.31. The fourth-order valence-corrected chi connectivity index (χ4v) is 3.94. The van der Waals surface area contributed by atoms with Crippen LogP contribution in [-0.2, 0) is 4.79 Å². The number of hydrogen-bond donors (Lipinski definition) is 1. The third kappa shape index (κ3) is 5.52. The SMILES string of the molecule is Cc1cc(Br)cc(C)c1OC(C)C(=O)Nc1cccc(C(=O)N(C)c2ccccc2)c1. The standard InChI is InChI=1S/C25H25BrN2O3/c1-16-13-20(26)14-17(2)23(16)31-18(3)24(29)27-21-10-8-9-19(15-21)25(30)28(4)22-11-6-5-7-12-22/h5-15,18H,1-4H3,(H,27,29). The predicted molar refractivity (Wildman–Crippen MR) is 128 cm³/mol. The molecule has 0 radical (unpaired) electrons. The van der Waals surface area contributed by atoms with Crippen LogP contribution < -0.4 is 15.0 Å². The summed E-state index contributed by atoms with van der Waals surface area (Å²) in [5.41, 5.74) is 3.71. The lowest BCUT2D eigenvalue weighted by atomic mass is 10.1. The van der Waals surface area contributed by atoms with Crippen LogP contribution in [0.5, 0.6) is 5.75 Å². The Bertz CT molecular complexity index is 1080. The number of ether oxygens (including phenoxy) is 1. The molecule has 2 amide bonds. The van der Waals surface area contributed by atoms with E-state index in [-0.39, 0.29) is 11.8 Å². The van der Waals surface area contributed by atoms with E-state index in [1.54, 1.807) is 43.1 Å². The largest absolute Gasteiger partial charge is 0.480 e. The van der Waals surface area contributed by atoms with Crippen LogP contribution in [-0.4, -0.2) is 25.0 Å². The third-order valence-electron chi connectivity index (χ3n) is 4.91. The highest BCUT2D eigenvalue weighted by molar-refractivity contribution is 9.10. The van der Waals surface area contributed by atoms with Crippen LogP contribution in [0.15, 0.2) is 71.2 Å². The molecule has 0 spiro atoms. The maximum absolute atomic E-state index is 12.8. The van der Waals surface area contributed by atoms with Crippen molar-refractivity contribution in [3.05, 3.63) is 87.9 Å². The van der Waals surface area contributed by atoms with E-state index in [0.29, 0.717) is 17.0 Å². The van der Waals surface area contributed by atoms with Crippen LogP contribution in [0, 0.1) is 13.8 Å². The molecular formula is C25H25BrN2O3. The molecule has 1 atom stereocenters. The molecule has 1 N–H and O–H groups in total. The Morgan fingerprint density at radius 2 is 1.61 bits per heavy atom. The number of nitrogens with zero attached hydrogens (tertiary/aromatic N) is 1. The average molecular weight is 481 g/mol. The van der Waals surface area contributed by atoms with Crippen LogP contribution in [0.25, 0.3) is 0 Å². The van der Waals surface area contributed by atoms with Gasteiger partial charge in [-0.1, -0.05) is 40.2 Å². The van der Waals surface area contributed by atoms with E-state index < -0.39 is 6.10 Å². The summed E-state index contributed by atoms with van der Waals surface area (Å²) in [6.45, 7) is 5.58. The van der Waals surface area contributed by atoms with E-state index >= 15 is 0 Å². The molecule has 0 aliphatic carbocycles. The molecule has 6 heteroatoms. The van der Waals surface area contributed by atoms with Crippen LogP contribution in [0.4, 0.5) is 11.4 Å². The van der Waals surface area contributed by atoms with E-state index in [2.05, 4.69) is 21.2 Å². The normalized spacial score (nSPS) is 11.5. The first-order chi connectivity index (χ1) is 14.8. The van der Waals surface area contributed by atoms with Gasteiger partial charge in [-0.3, -0.25) is 9.59 Å². The number of nitrogens with one attached hydrogen (secondary N) is 1. The minimum absolute atomic E-state index is 0.160. The summed E-state index contributed by atoms with van der Waals surface area (Å²) in [6.07, 6.45) is -0.704. The Hall–Kier alpha value is -3.12. The summed E-state index contributed by atoms with van der Waals surface area (Å²) in [7, 11) is 1.72. The molecule has 31 heavy (non-hydrogen) atoms. The topological polar surface area (TPSA) is 58.6 Å². The third-order valence-corrected chi connectivity index (χ3v) is 5.37. The Labute approximate surface area is 191 Å². The molecule has 3 aromatic carbocycles. The summed E-state index contributed by atoms with van der Waals surface area (Å²) < 4.78 is 6.90. The molecule has 0 saturated heterocycles. The Balaban J connectivity index is 1.70. The fraction of sp³-hybridized carbons (Fsp3) is 0.200. The molecule has 160 valence electrons. The Morgan fingerprint density at radius 1 is 0.968 bits per heavy atom. The molecule has 0 saturated carbocycles. The quantitative estimate of drug-likeness (QED) is 0.488. The van der Waals surface area contributed by atoms with Crippen LogP contribution >= 0.6 is 15.9 Å². The van der Waals surface area contributed by atoms with Gasteiger partial charge in [-0.2, -0.15) is 0 Å². The van der Waals surface area contributed by atoms with Gasteiger partial charge in [0.25, 0.3) is 11.8 Å². The van der Waals surface area contributed by atoms with Crippen molar-refractivity contribution in [1.82, 2.24) is 0 Å². The fourth-order valence-electron chi connectivity index (χ4n) is 3.25. The smallest absolute Gasteiger partial charge is 0.265 e. The highest BCUT2D eigenvalue weighted by Gasteiger charge is 2.19. The van der Waals surface area contributed by atoms with E-state index in [1.165, 1.54) is 0 Å². The highest BCUT2D eigenvalue weighted by atomic mass is 79.9. The van der Waals surface area contributed by atoms with Crippen molar-refractivity contribution < 1.29 is 14.3 Å². The first kappa shape index (κ1) is 22.6. The number of para-hydroxylation sites is 1. The zero-order valence-corrected chi connectivity index (χ0v) is 19.6. The molecule has 0 bridgehead atoms. The molecule has 0 aliphatic rings. The van der Waals surface area contributed by atoms with Gasteiger partial charge in [0, 0.05) is 28.5 Å².